The van der Waals surface area contributed by atoms with Crippen LogP contribution >= 0.6 is 0 Å². The molecule has 16 heavy (non-hydrogen) atoms. The Morgan fingerprint density at radius 1 is 1.44 bits per heavy atom. The SMILES string of the molecule is CC(=O)c1c(=O)o[nH][n+]1-c1ccccc1F. The lowest BCUT2D eigenvalue weighted by molar-refractivity contribution is -0.673. The lowest BCUT2D eigenvalue weighted by Crippen LogP contribution is -2.41. The highest BCUT2D eigenvalue weighted by molar-refractivity contribution is 5.90. The molecule has 0 radical (unpaired) electrons. The Labute approximate surface area is 89.1 Å². The number of H-pyrrole nitrogens is 1. The van der Waals surface area contributed by atoms with Crippen molar-refractivity contribution in [3.63, 3.8) is 0 Å². The molecule has 1 aromatic carbocycles. The molecule has 82 valence electrons. The first-order valence-corrected chi connectivity index (χ1v) is 4.50. The Morgan fingerprint density at radius 3 is 2.75 bits per heavy atom. The molecule has 2 aromatic rings. The number of ketones is 1. The molecule has 1 N–H and O–H groups in total. The van der Waals surface area contributed by atoms with Crippen LogP contribution in [0.3, 0.4) is 0 Å². The quantitative estimate of drug-likeness (QED) is 0.598. The zero-order valence-electron chi connectivity index (χ0n) is 8.36. The van der Waals surface area contributed by atoms with E-state index in [0.29, 0.717) is 0 Å². The molecule has 0 aliphatic heterocycles. The zero-order valence-corrected chi connectivity index (χ0v) is 8.36. The first-order valence-electron chi connectivity index (χ1n) is 4.50. The lowest BCUT2D eigenvalue weighted by Gasteiger charge is -1.92. The molecule has 5 nitrogen and oxygen atoms in total. The molecule has 1 heterocycles. The summed E-state index contributed by atoms with van der Waals surface area (Å²) in [6, 6.07) is 5.73. The van der Waals surface area contributed by atoms with Crippen molar-refractivity contribution in [2.45, 2.75) is 6.92 Å². The summed E-state index contributed by atoms with van der Waals surface area (Å²) in [5.74, 6) is -1.06. The average molecular weight is 223 g/mol. The predicted molar refractivity (Wildman–Crippen MR) is 50.8 cm³/mol. The number of Topliss-reactive ketones (excluding diaryl/α,β-unsaturated/α-hetero) is 1. The molecule has 6 heteroatoms. The third kappa shape index (κ3) is 1.54. The first-order chi connectivity index (χ1) is 7.61. The first kappa shape index (κ1) is 10.3. The minimum Gasteiger partial charge on any atom is -0.287 e. The van der Waals surface area contributed by atoms with Gasteiger partial charge < -0.3 is 0 Å². The fourth-order valence-corrected chi connectivity index (χ4v) is 1.38. The minimum absolute atomic E-state index is 0.0542. The molecule has 2 rings (SSSR count). The van der Waals surface area contributed by atoms with Crippen LogP contribution in [-0.4, -0.2) is 11.1 Å². The van der Waals surface area contributed by atoms with Gasteiger partial charge in [-0.1, -0.05) is 12.1 Å². The summed E-state index contributed by atoms with van der Waals surface area (Å²) >= 11 is 0. The maximum absolute atomic E-state index is 13.4. The number of halogens is 1. The van der Waals surface area contributed by atoms with Gasteiger partial charge in [-0.15, -0.1) is 0 Å². The van der Waals surface area contributed by atoms with Crippen molar-refractivity contribution < 1.29 is 18.4 Å². The summed E-state index contributed by atoms with van der Waals surface area (Å²) in [6.45, 7) is 1.21. The standard InChI is InChI=1S/C10H7FN2O3/c1-6(14)9-10(15)16-12-13(9)8-5-3-2-4-7(8)11/h2-5H,1H3/p+1. The number of carbonyl (C=O) groups excluding carboxylic acids is 1. The van der Waals surface area contributed by atoms with Gasteiger partial charge in [0.05, 0.1) is 0 Å². The van der Waals surface area contributed by atoms with Crippen molar-refractivity contribution in [3.05, 3.63) is 46.2 Å². The Bertz CT molecular complexity index is 600. The van der Waals surface area contributed by atoms with Crippen LogP contribution in [0.1, 0.15) is 17.4 Å². The molecule has 0 saturated heterocycles. The lowest BCUT2D eigenvalue weighted by atomic mass is 10.2. The Kier molecular flexibility index (Phi) is 2.40. The van der Waals surface area contributed by atoms with Gasteiger partial charge in [0, 0.05) is 13.0 Å². The third-order valence-electron chi connectivity index (χ3n) is 2.07. The van der Waals surface area contributed by atoms with Gasteiger partial charge in [0.15, 0.2) is 5.82 Å². The second-order valence-corrected chi connectivity index (χ2v) is 3.17. The van der Waals surface area contributed by atoms with E-state index in [1.54, 1.807) is 6.07 Å². The summed E-state index contributed by atoms with van der Waals surface area (Å²) in [4.78, 5) is 22.4. The second kappa shape index (κ2) is 3.73. The topological polar surface area (TPSA) is 67.0 Å². The Balaban J connectivity index is 2.71. The van der Waals surface area contributed by atoms with E-state index in [4.69, 9.17) is 0 Å². The number of hydrogen-bond acceptors (Lipinski definition) is 3. The fraction of sp³-hybridized carbons (Fsp3) is 0.100. The number of aromatic amines is 1. The van der Waals surface area contributed by atoms with Crippen molar-refractivity contribution in [2.75, 3.05) is 0 Å². The van der Waals surface area contributed by atoms with Crippen LogP contribution in [0.25, 0.3) is 5.69 Å². The van der Waals surface area contributed by atoms with Crippen LogP contribution in [0.5, 0.6) is 0 Å². The van der Waals surface area contributed by atoms with E-state index in [1.807, 2.05) is 0 Å². The van der Waals surface area contributed by atoms with Crippen LogP contribution in [0.4, 0.5) is 4.39 Å². The molecule has 1 aromatic heterocycles. The minimum atomic E-state index is -0.823. The molecule has 0 bridgehead atoms. The summed E-state index contributed by atoms with van der Waals surface area (Å²) < 4.78 is 18.9. The summed E-state index contributed by atoms with van der Waals surface area (Å²) in [5.41, 5.74) is -1.01. The highest BCUT2D eigenvalue weighted by Crippen LogP contribution is 2.05. The molecular weight excluding hydrogens is 215 g/mol. The predicted octanol–water partition coefficient (Wildman–Crippen LogP) is 0.586. The van der Waals surface area contributed by atoms with Crippen molar-refractivity contribution >= 4 is 5.78 Å². The molecule has 0 fully saturated rings. The number of benzene rings is 1. The fourth-order valence-electron chi connectivity index (χ4n) is 1.38. The molecule has 0 aliphatic carbocycles. The van der Waals surface area contributed by atoms with Crippen molar-refractivity contribution in [2.24, 2.45) is 0 Å². The van der Waals surface area contributed by atoms with Gasteiger partial charge in [0.1, 0.15) is 0 Å². The summed E-state index contributed by atoms with van der Waals surface area (Å²) in [7, 11) is 0. The molecule has 0 saturated carbocycles. The number of hydrogen-bond donors (Lipinski definition) is 1. The van der Waals surface area contributed by atoms with E-state index in [9.17, 15) is 14.0 Å². The number of aromatic nitrogens is 2. The van der Waals surface area contributed by atoms with Gasteiger partial charge in [0.25, 0.3) is 5.69 Å². The Morgan fingerprint density at radius 2 is 2.12 bits per heavy atom. The normalized spacial score (nSPS) is 10.4. The molecule has 0 atom stereocenters. The van der Waals surface area contributed by atoms with Gasteiger partial charge >= 0.3 is 11.3 Å². The summed E-state index contributed by atoms with van der Waals surface area (Å²) in [6.07, 6.45) is 0. The number of para-hydroxylation sites is 1. The zero-order chi connectivity index (χ0) is 11.7. The maximum Gasteiger partial charge on any atom is 0.438 e. The van der Waals surface area contributed by atoms with Crippen LogP contribution in [-0.2, 0) is 0 Å². The van der Waals surface area contributed by atoms with Crippen LogP contribution < -0.4 is 10.3 Å². The number of nitrogens with zero attached hydrogens (tertiary/aromatic N) is 1. The molecule has 0 spiro atoms. The number of nitrogens with one attached hydrogen (secondary N) is 1. The Hall–Kier alpha value is -2.24. The van der Waals surface area contributed by atoms with Gasteiger partial charge in [-0.2, -0.15) is 4.39 Å². The van der Waals surface area contributed by atoms with E-state index in [-0.39, 0.29) is 11.4 Å². The largest absolute Gasteiger partial charge is 0.438 e. The summed E-state index contributed by atoms with van der Waals surface area (Å²) in [5, 5.41) is 2.18. The average Bonchev–Trinajstić information content (AvgIpc) is 2.61. The van der Waals surface area contributed by atoms with Gasteiger partial charge in [0.2, 0.25) is 5.78 Å². The van der Waals surface area contributed by atoms with Crippen molar-refractivity contribution in [3.8, 4) is 5.69 Å². The van der Waals surface area contributed by atoms with Crippen LogP contribution in [0.2, 0.25) is 0 Å². The van der Waals surface area contributed by atoms with Crippen LogP contribution in [0, 0.1) is 5.82 Å². The van der Waals surface area contributed by atoms with E-state index in [1.165, 1.54) is 25.1 Å². The maximum atomic E-state index is 13.4. The van der Waals surface area contributed by atoms with Gasteiger partial charge in [-0.05, 0) is 16.0 Å². The van der Waals surface area contributed by atoms with Gasteiger partial charge in [-0.3, -0.25) is 9.32 Å². The molecule has 0 unspecified atom stereocenters. The number of rotatable bonds is 2. The van der Waals surface area contributed by atoms with Crippen molar-refractivity contribution in [1.29, 1.82) is 0 Å². The number of carbonyl (C=O) groups is 1. The van der Waals surface area contributed by atoms with Crippen LogP contribution in [0.15, 0.2) is 33.6 Å². The molecule has 0 aliphatic rings. The van der Waals surface area contributed by atoms with Gasteiger partial charge in [-0.25, -0.2) is 4.79 Å². The third-order valence-corrected chi connectivity index (χ3v) is 2.07. The van der Waals surface area contributed by atoms with E-state index < -0.39 is 17.2 Å². The highest BCUT2D eigenvalue weighted by atomic mass is 19.1. The monoisotopic (exact) mass is 223 g/mol. The molecular formula is C10H8FN2O3+. The molecule has 0 amide bonds. The van der Waals surface area contributed by atoms with Crippen molar-refractivity contribution in [1.82, 2.24) is 5.27 Å². The van der Waals surface area contributed by atoms with E-state index in [0.717, 1.165) is 4.68 Å². The smallest absolute Gasteiger partial charge is 0.287 e. The van der Waals surface area contributed by atoms with E-state index in [2.05, 4.69) is 9.79 Å². The highest BCUT2D eigenvalue weighted by Gasteiger charge is 2.29. The van der Waals surface area contributed by atoms with E-state index >= 15 is 0 Å². The second-order valence-electron chi connectivity index (χ2n) is 3.17.